The van der Waals surface area contributed by atoms with Crippen molar-refractivity contribution in [3.63, 3.8) is 0 Å². The molecule has 2 aromatic rings. The largest absolute Gasteiger partial charge is 0.496 e. The van der Waals surface area contributed by atoms with Crippen molar-refractivity contribution < 1.29 is 4.74 Å². The average Bonchev–Trinajstić information content (AvgIpc) is 2.81. The Morgan fingerprint density at radius 3 is 2.82 bits per heavy atom. The summed E-state index contributed by atoms with van der Waals surface area (Å²) in [6.45, 7) is 2.05. The van der Waals surface area contributed by atoms with Gasteiger partial charge < -0.3 is 10.5 Å². The molecule has 0 aliphatic heterocycles. The van der Waals surface area contributed by atoms with Gasteiger partial charge in [0.05, 0.1) is 7.11 Å². The third-order valence-corrected chi connectivity index (χ3v) is 3.56. The van der Waals surface area contributed by atoms with Gasteiger partial charge in [-0.3, -0.25) is 0 Å². The number of nitrogens with two attached hydrogens (primary N) is 1. The summed E-state index contributed by atoms with van der Waals surface area (Å²) < 4.78 is 5.39. The Balaban J connectivity index is 2.21. The molecular formula is C14H17NOS. The Morgan fingerprint density at radius 1 is 1.35 bits per heavy atom. The van der Waals surface area contributed by atoms with E-state index in [2.05, 4.69) is 35.9 Å². The minimum atomic E-state index is -0.0138. The molecule has 0 saturated carbocycles. The van der Waals surface area contributed by atoms with E-state index in [4.69, 9.17) is 10.5 Å². The van der Waals surface area contributed by atoms with Crippen LogP contribution in [-0.4, -0.2) is 7.11 Å². The highest BCUT2D eigenvalue weighted by atomic mass is 32.1. The van der Waals surface area contributed by atoms with Gasteiger partial charge in [0.15, 0.2) is 0 Å². The lowest BCUT2D eigenvalue weighted by molar-refractivity contribution is 0.405. The maximum atomic E-state index is 6.24. The molecule has 1 aromatic heterocycles. The number of thiophene rings is 1. The van der Waals surface area contributed by atoms with Gasteiger partial charge in [0.25, 0.3) is 0 Å². The molecule has 0 bridgehead atoms. The molecule has 0 saturated heterocycles. The van der Waals surface area contributed by atoms with Crippen molar-refractivity contribution in [1.82, 2.24) is 0 Å². The number of rotatable bonds is 4. The van der Waals surface area contributed by atoms with Crippen LogP contribution in [0.4, 0.5) is 0 Å². The van der Waals surface area contributed by atoms with Crippen molar-refractivity contribution in [2.75, 3.05) is 7.11 Å². The molecule has 2 N–H and O–H groups in total. The molecule has 0 radical (unpaired) electrons. The second-order valence-corrected chi connectivity index (χ2v) is 4.97. The predicted octanol–water partition coefficient (Wildman–Crippen LogP) is 3.31. The molecule has 1 heterocycles. The van der Waals surface area contributed by atoms with Gasteiger partial charge in [0.1, 0.15) is 5.75 Å². The molecule has 1 aromatic carbocycles. The second kappa shape index (κ2) is 5.34. The monoisotopic (exact) mass is 247 g/mol. The van der Waals surface area contributed by atoms with E-state index in [1.807, 2.05) is 6.07 Å². The molecular weight excluding hydrogens is 230 g/mol. The van der Waals surface area contributed by atoms with E-state index in [1.54, 1.807) is 18.4 Å². The molecule has 2 nitrogen and oxygen atoms in total. The maximum absolute atomic E-state index is 6.24. The van der Waals surface area contributed by atoms with Gasteiger partial charge in [-0.25, -0.2) is 0 Å². The van der Waals surface area contributed by atoms with Crippen LogP contribution >= 0.6 is 11.3 Å². The van der Waals surface area contributed by atoms with E-state index in [9.17, 15) is 0 Å². The number of aryl methyl sites for hydroxylation is 1. The van der Waals surface area contributed by atoms with Crippen molar-refractivity contribution in [2.45, 2.75) is 19.4 Å². The van der Waals surface area contributed by atoms with Crippen molar-refractivity contribution in [3.05, 3.63) is 51.7 Å². The highest BCUT2D eigenvalue weighted by molar-refractivity contribution is 7.07. The first kappa shape index (κ1) is 12.1. The van der Waals surface area contributed by atoms with E-state index in [1.165, 1.54) is 11.1 Å². The standard InChI is InChI=1S/C14H17NOS/c1-10-3-4-12(14(7-10)16-2)13(15)8-11-5-6-17-9-11/h3-7,9,13H,8,15H2,1-2H3. The SMILES string of the molecule is COc1cc(C)ccc1C(N)Cc1ccsc1. The van der Waals surface area contributed by atoms with Crippen LogP contribution in [0.2, 0.25) is 0 Å². The molecule has 0 amide bonds. The Bertz CT molecular complexity index is 479. The van der Waals surface area contributed by atoms with Crippen LogP contribution in [0.1, 0.15) is 22.7 Å². The van der Waals surface area contributed by atoms with Gasteiger partial charge in [-0.2, -0.15) is 11.3 Å². The fourth-order valence-electron chi connectivity index (χ4n) is 1.90. The summed E-state index contributed by atoms with van der Waals surface area (Å²) in [4.78, 5) is 0. The predicted molar refractivity (Wildman–Crippen MR) is 72.7 cm³/mol. The van der Waals surface area contributed by atoms with Gasteiger partial charge >= 0.3 is 0 Å². The molecule has 0 spiro atoms. The zero-order chi connectivity index (χ0) is 12.3. The van der Waals surface area contributed by atoms with Crippen LogP contribution in [0.15, 0.2) is 35.0 Å². The summed E-state index contributed by atoms with van der Waals surface area (Å²) in [5.74, 6) is 0.882. The lowest BCUT2D eigenvalue weighted by Crippen LogP contribution is -2.14. The lowest BCUT2D eigenvalue weighted by Gasteiger charge is -2.15. The Kier molecular flexibility index (Phi) is 3.82. The van der Waals surface area contributed by atoms with E-state index >= 15 is 0 Å². The summed E-state index contributed by atoms with van der Waals surface area (Å²) in [7, 11) is 1.69. The third kappa shape index (κ3) is 2.87. The number of benzene rings is 1. The van der Waals surface area contributed by atoms with Gasteiger partial charge in [0, 0.05) is 11.6 Å². The van der Waals surface area contributed by atoms with Crippen molar-refractivity contribution in [3.8, 4) is 5.75 Å². The van der Waals surface area contributed by atoms with E-state index in [-0.39, 0.29) is 6.04 Å². The van der Waals surface area contributed by atoms with Crippen LogP contribution < -0.4 is 10.5 Å². The molecule has 2 rings (SSSR count). The number of methoxy groups -OCH3 is 1. The fraction of sp³-hybridized carbons (Fsp3) is 0.286. The Hall–Kier alpha value is -1.32. The molecule has 0 aliphatic carbocycles. The zero-order valence-corrected chi connectivity index (χ0v) is 11.0. The topological polar surface area (TPSA) is 35.2 Å². The molecule has 90 valence electrons. The summed E-state index contributed by atoms with van der Waals surface area (Å²) in [6, 6.07) is 8.27. The van der Waals surface area contributed by atoms with Gasteiger partial charge in [0.2, 0.25) is 0 Å². The number of hydrogen-bond acceptors (Lipinski definition) is 3. The molecule has 1 unspecified atom stereocenters. The normalized spacial score (nSPS) is 12.4. The third-order valence-electron chi connectivity index (χ3n) is 2.82. The smallest absolute Gasteiger partial charge is 0.123 e. The summed E-state index contributed by atoms with van der Waals surface area (Å²) in [6.07, 6.45) is 0.850. The van der Waals surface area contributed by atoms with E-state index in [0.717, 1.165) is 17.7 Å². The number of hydrogen-bond donors (Lipinski definition) is 1. The highest BCUT2D eigenvalue weighted by Crippen LogP contribution is 2.27. The lowest BCUT2D eigenvalue weighted by atomic mass is 9.99. The summed E-state index contributed by atoms with van der Waals surface area (Å²) in [5.41, 5.74) is 9.78. The van der Waals surface area contributed by atoms with E-state index in [0.29, 0.717) is 0 Å². The highest BCUT2D eigenvalue weighted by Gasteiger charge is 2.12. The maximum Gasteiger partial charge on any atom is 0.123 e. The molecule has 0 fully saturated rings. The molecule has 17 heavy (non-hydrogen) atoms. The van der Waals surface area contributed by atoms with Gasteiger partial charge in [-0.1, -0.05) is 12.1 Å². The first-order valence-electron chi connectivity index (χ1n) is 5.62. The van der Waals surface area contributed by atoms with Crippen molar-refractivity contribution in [2.24, 2.45) is 5.73 Å². The van der Waals surface area contributed by atoms with Crippen LogP contribution in [0.3, 0.4) is 0 Å². The van der Waals surface area contributed by atoms with Crippen LogP contribution in [0, 0.1) is 6.92 Å². The summed E-state index contributed by atoms with van der Waals surface area (Å²) in [5, 5.41) is 4.22. The molecule has 0 aliphatic rings. The van der Waals surface area contributed by atoms with Crippen molar-refractivity contribution in [1.29, 1.82) is 0 Å². The minimum absolute atomic E-state index is 0.0138. The molecule has 3 heteroatoms. The fourth-order valence-corrected chi connectivity index (χ4v) is 2.58. The Labute approximate surface area is 106 Å². The first-order chi connectivity index (χ1) is 8.20. The molecule has 1 atom stereocenters. The second-order valence-electron chi connectivity index (χ2n) is 4.19. The summed E-state index contributed by atoms with van der Waals surface area (Å²) >= 11 is 1.70. The van der Waals surface area contributed by atoms with Crippen LogP contribution in [0.25, 0.3) is 0 Å². The van der Waals surface area contributed by atoms with Crippen LogP contribution in [0.5, 0.6) is 5.75 Å². The first-order valence-corrected chi connectivity index (χ1v) is 6.56. The van der Waals surface area contributed by atoms with E-state index < -0.39 is 0 Å². The minimum Gasteiger partial charge on any atom is -0.496 e. The Morgan fingerprint density at radius 2 is 2.18 bits per heavy atom. The van der Waals surface area contributed by atoms with Gasteiger partial charge in [-0.05, 0) is 47.4 Å². The zero-order valence-electron chi connectivity index (χ0n) is 10.1. The average molecular weight is 247 g/mol. The van der Waals surface area contributed by atoms with Crippen LogP contribution in [-0.2, 0) is 6.42 Å². The van der Waals surface area contributed by atoms with Crippen molar-refractivity contribution >= 4 is 11.3 Å². The number of ether oxygens (including phenoxy) is 1. The quantitative estimate of drug-likeness (QED) is 0.899. The van der Waals surface area contributed by atoms with Gasteiger partial charge in [-0.15, -0.1) is 0 Å².